The first-order chi connectivity index (χ1) is 12.8. The smallest absolute Gasteiger partial charge is 0.222 e. The molecule has 0 aliphatic carbocycles. The molecule has 1 atom stereocenters. The molecule has 1 aliphatic heterocycles. The number of hydrogen-bond acceptors (Lipinski definition) is 4. The molecule has 0 spiro atoms. The molecule has 1 amide bonds. The minimum absolute atomic E-state index is 0.164. The van der Waals surface area contributed by atoms with Gasteiger partial charge in [0.15, 0.2) is 5.89 Å². The normalized spacial score (nSPS) is 16.4. The van der Waals surface area contributed by atoms with E-state index in [1.807, 2.05) is 23.1 Å². The van der Waals surface area contributed by atoms with E-state index < -0.39 is 0 Å². The maximum atomic E-state index is 12.5. The molecule has 1 unspecified atom stereocenters. The molecule has 0 bridgehead atoms. The average molecular weight is 354 g/mol. The number of amides is 1. The number of aryl methyl sites for hydroxylation is 1. The Hall–Kier alpha value is -2.43. The highest BCUT2D eigenvalue weighted by atomic mass is 16.3. The number of carbonyl (C=O) groups is 2. The van der Waals surface area contributed by atoms with Crippen molar-refractivity contribution in [3.63, 3.8) is 0 Å². The third kappa shape index (κ3) is 4.81. The van der Waals surface area contributed by atoms with Gasteiger partial charge in [-0.05, 0) is 37.2 Å². The van der Waals surface area contributed by atoms with Crippen molar-refractivity contribution in [2.24, 2.45) is 5.92 Å². The summed E-state index contributed by atoms with van der Waals surface area (Å²) in [7, 11) is 0. The Morgan fingerprint density at radius 1 is 1.27 bits per heavy atom. The van der Waals surface area contributed by atoms with E-state index in [4.69, 9.17) is 4.42 Å². The van der Waals surface area contributed by atoms with Crippen molar-refractivity contribution in [3.8, 4) is 0 Å². The number of benzene rings is 1. The molecule has 5 nitrogen and oxygen atoms in total. The highest BCUT2D eigenvalue weighted by Crippen LogP contribution is 2.35. The molecule has 138 valence electrons. The van der Waals surface area contributed by atoms with E-state index >= 15 is 0 Å². The zero-order chi connectivity index (χ0) is 18.2. The van der Waals surface area contributed by atoms with Gasteiger partial charge in [0.1, 0.15) is 12.5 Å². The van der Waals surface area contributed by atoms with Crippen molar-refractivity contribution in [3.05, 3.63) is 54.2 Å². The van der Waals surface area contributed by atoms with E-state index in [9.17, 15) is 9.59 Å². The summed E-state index contributed by atoms with van der Waals surface area (Å²) in [6.45, 7) is 1.55. The molecule has 0 saturated carbocycles. The summed E-state index contributed by atoms with van der Waals surface area (Å²) in [4.78, 5) is 29.6. The van der Waals surface area contributed by atoms with E-state index in [0.717, 1.165) is 50.9 Å². The van der Waals surface area contributed by atoms with Crippen LogP contribution in [0.4, 0.5) is 0 Å². The number of hydrogen-bond donors (Lipinski definition) is 0. The molecule has 1 aliphatic rings. The summed E-state index contributed by atoms with van der Waals surface area (Å²) < 4.78 is 5.50. The van der Waals surface area contributed by atoms with Crippen LogP contribution in [0.5, 0.6) is 0 Å². The number of rotatable bonds is 8. The second kappa shape index (κ2) is 9.32. The predicted octanol–water partition coefficient (Wildman–Crippen LogP) is 3.61. The molecular formula is C21H26N2O3. The fraction of sp³-hybridized carbons (Fsp3) is 0.476. The molecule has 2 aromatic rings. The molecule has 1 fully saturated rings. The quantitative estimate of drug-likeness (QED) is 0.679. The number of likely N-dealkylation sites (tertiary alicyclic amines) is 1. The second-order valence-electron chi connectivity index (χ2n) is 6.92. The van der Waals surface area contributed by atoms with Crippen LogP contribution in [0.1, 0.15) is 49.5 Å². The maximum absolute atomic E-state index is 12.5. The standard InChI is InChI=1S/C21H26N2O3/c24-15-4-7-19(21-22-12-16-26-21)18-10-13-23(14-11-18)20(25)9-8-17-5-2-1-3-6-17/h1-3,5-6,12,15-16,18-19H,4,7-11,13-14H2. The van der Waals surface area contributed by atoms with Crippen LogP contribution in [-0.4, -0.2) is 35.2 Å². The van der Waals surface area contributed by atoms with Crippen LogP contribution in [0.15, 0.2) is 47.2 Å². The number of aromatic nitrogens is 1. The molecule has 0 N–H and O–H groups in total. The minimum Gasteiger partial charge on any atom is -0.449 e. The molecule has 1 aromatic heterocycles. The van der Waals surface area contributed by atoms with Crippen LogP contribution in [-0.2, 0) is 16.0 Å². The summed E-state index contributed by atoms with van der Waals surface area (Å²) in [6.07, 6.45) is 8.70. The number of aldehydes is 1. The Labute approximate surface area is 154 Å². The van der Waals surface area contributed by atoms with Crippen LogP contribution >= 0.6 is 0 Å². The van der Waals surface area contributed by atoms with Crippen molar-refractivity contribution in [2.75, 3.05) is 13.1 Å². The lowest BCUT2D eigenvalue weighted by Gasteiger charge is -2.35. The topological polar surface area (TPSA) is 63.4 Å². The Bertz CT molecular complexity index is 677. The maximum Gasteiger partial charge on any atom is 0.222 e. The van der Waals surface area contributed by atoms with Gasteiger partial charge in [0.25, 0.3) is 0 Å². The van der Waals surface area contributed by atoms with Gasteiger partial charge in [-0.2, -0.15) is 0 Å². The lowest BCUT2D eigenvalue weighted by Crippen LogP contribution is -2.40. The summed E-state index contributed by atoms with van der Waals surface area (Å²) in [5.74, 6) is 1.53. The fourth-order valence-corrected chi connectivity index (χ4v) is 3.83. The van der Waals surface area contributed by atoms with E-state index in [2.05, 4.69) is 17.1 Å². The molecule has 0 radical (unpaired) electrons. The number of carbonyl (C=O) groups excluding carboxylic acids is 2. The summed E-state index contributed by atoms with van der Waals surface area (Å²) in [5.41, 5.74) is 1.20. The molecule has 3 rings (SSSR count). The Morgan fingerprint density at radius 3 is 2.69 bits per heavy atom. The SMILES string of the molecule is O=CCCC(c1ncco1)C1CCN(C(=O)CCc2ccccc2)CC1. The minimum atomic E-state index is 0.164. The molecule has 26 heavy (non-hydrogen) atoms. The van der Waals surface area contributed by atoms with Crippen LogP contribution in [0, 0.1) is 5.92 Å². The van der Waals surface area contributed by atoms with Crippen LogP contribution in [0.25, 0.3) is 0 Å². The molecule has 5 heteroatoms. The molecule has 1 aromatic carbocycles. The largest absolute Gasteiger partial charge is 0.449 e. The summed E-state index contributed by atoms with van der Waals surface area (Å²) in [5, 5.41) is 0. The van der Waals surface area contributed by atoms with E-state index in [-0.39, 0.29) is 11.8 Å². The van der Waals surface area contributed by atoms with E-state index in [1.165, 1.54) is 5.56 Å². The van der Waals surface area contributed by atoms with Gasteiger partial charge in [-0.1, -0.05) is 30.3 Å². The first-order valence-electron chi connectivity index (χ1n) is 9.42. The zero-order valence-corrected chi connectivity index (χ0v) is 15.0. The van der Waals surface area contributed by atoms with Gasteiger partial charge in [0.05, 0.1) is 6.20 Å². The Morgan fingerprint density at radius 2 is 2.04 bits per heavy atom. The van der Waals surface area contributed by atoms with Crippen LogP contribution in [0.3, 0.4) is 0 Å². The van der Waals surface area contributed by atoms with Crippen molar-refractivity contribution in [2.45, 2.75) is 44.4 Å². The zero-order valence-electron chi connectivity index (χ0n) is 15.0. The second-order valence-corrected chi connectivity index (χ2v) is 6.92. The van der Waals surface area contributed by atoms with Gasteiger partial charge >= 0.3 is 0 Å². The first-order valence-corrected chi connectivity index (χ1v) is 9.42. The van der Waals surface area contributed by atoms with Gasteiger partial charge in [-0.25, -0.2) is 4.98 Å². The monoisotopic (exact) mass is 354 g/mol. The molecule has 1 saturated heterocycles. The Kier molecular flexibility index (Phi) is 6.58. The van der Waals surface area contributed by atoms with Crippen LogP contribution in [0.2, 0.25) is 0 Å². The summed E-state index contributed by atoms with van der Waals surface area (Å²) in [6, 6.07) is 10.1. The Balaban J connectivity index is 1.50. The van der Waals surface area contributed by atoms with Gasteiger partial charge < -0.3 is 14.1 Å². The lowest BCUT2D eigenvalue weighted by atomic mass is 9.81. The van der Waals surface area contributed by atoms with Crippen LogP contribution < -0.4 is 0 Å². The van der Waals surface area contributed by atoms with Gasteiger partial charge in [0, 0.05) is 31.8 Å². The highest BCUT2D eigenvalue weighted by molar-refractivity contribution is 5.76. The number of piperidine rings is 1. The van der Waals surface area contributed by atoms with Gasteiger partial charge in [0.2, 0.25) is 5.91 Å². The van der Waals surface area contributed by atoms with Crippen molar-refractivity contribution in [1.29, 1.82) is 0 Å². The van der Waals surface area contributed by atoms with Crippen molar-refractivity contribution >= 4 is 12.2 Å². The third-order valence-electron chi connectivity index (χ3n) is 5.30. The molecule has 2 heterocycles. The average Bonchev–Trinajstić information content (AvgIpc) is 3.22. The summed E-state index contributed by atoms with van der Waals surface area (Å²) >= 11 is 0. The van der Waals surface area contributed by atoms with Gasteiger partial charge in [-0.15, -0.1) is 0 Å². The first kappa shape index (κ1) is 18.4. The molecular weight excluding hydrogens is 328 g/mol. The fourth-order valence-electron chi connectivity index (χ4n) is 3.83. The number of oxazole rings is 1. The van der Waals surface area contributed by atoms with Gasteiger partial charge in [-0.3, -0.25) is 4.79 Å². The number of nitrogens with zero attached hydrogens (tertiary/aromatic N) is 2. The van der Waals surface area contributed by atoms with E-state index in [1.54, 1.807) is 12.5 Å². The van der Waals surface area contributed by atoms with Crippen molar-refractivity contribution < 1.29 is 14.0 Å². The van der Waals surface area contributed by atoms with E-state index in [0.29, 0.717) is 18.8 Å². The lowest BCUT2D eigenvalue weighted by molar-refractivity contribution is -0.132. The third-order valence-corrected chi connectivity index (χ3v) is 5.30. The highest BCUT2D eigenvalue weighted by Gasteiger charge is 2.31. The van der Waals surface area contributed by atoms with Crippen molar-refractivity contribution in [1.82, 2.24) is 9.88 Å². The predicted molar refractivity (Wildman–Crippen MR) is 98.6 cm³/mol.